The maximum atomic E-state index is 11.8. The largest absolute Gasteiger partial charge is 0.379 e. The SMILES string of the molecule is CC(C)C.CC(O)N1CCC2(CCc3ccccc32)CC1.CCCCC(=O)N[C@@H](C)[C@H](C)c1c[nH]c2ccccc12.CCCN.CN(C)C=O. The smallest absolute Gasteiger partial charge is 0.220 e. The number of hydrogen-bond donors (Lipinski definition) is 4. The van der Waals surface area contributed by atoms with Crippen LogP contribution < -0.4 is 11.1 Å². The number of aromatic amines is 1. The highest BCUT2D eigenvalue weighted by Crippen LogP contribution is 2.46. The van der Waals surface area contributed by atoms with Crippen molar-refractivity contribution in [3.05, 3.63) is 71.4 Å². The third kappa shape index (κ3) is 15.4. The van der Waals surface area contributed by atoms with Crippen LogP contribution in [0.4, 0.5) is 0 Å². The number of nitrogens with one attached hydrogen (secondary N) is 2. The van der Waals surface area contributed by atoms with Crippen molar-refractivity contribution in [2.24, 2.45) is 11.7 Å². The molecule has 8 nitrogen and oxygen atoms in total. The first-order chi connectivity index (χ1) is 23.8. The van der Waals surface area contributed by atoms with Crippen molar-refractivity contribution in [3.8, 4) is 0 Å². The zero-order valence-electron chi connectivity index (χ0n) is 33.1. The van der Waals surface area contributed by atoms with Gasteiger partial charge in [-0.3, -0.25) is 14.5 Å². The molecule has 1 unspecified atom stereocenters. The second kappa shape index (κ2) is 24.1. The lowest BCUT2D eigenvalue weighted by Crippen LogP contribution is -2.45. The fourth-order valence-corrected chi connectivity index (χ4v) is 6.14. The molecule has 0 saturated carbocycles. The fourth-order valence-electron chi connectivity index (χ4n) is 6.14. The van der Waals surface area contributed by atoms with Crippen molar-refractivity contribution in [1.82, 2.24) is 20.1 Å². The van der Waals surface area contributed by atoms with Gasteiger partial charge in [0.2, 0.25) is 12.3 Å². The molecule has 5 N–H and O–H groups in total. The summed E-state index contributed by atoms with van der Waals surface area (Å²) in [6.45, 7) is 19.7. The molecule has 2 aliphatic rings. The number of para-hydroxylation sites is 1. The Balaban J connectivity index is 0.000000374. The minimum atomic E-state index is -0.288. The minimum Gasteiger partial charge on any atom is -0.379 e. The third-order valence-corrected chi connectivity index (χ3v) is 9.25. The molecule has 2 heterocycles. The summed E-state index contributed by atoms with van der Waals surface area (Å²) in [5, 5.41) is 14.0. The zero-order valence-corrected chi connectivity index (χ0v) is 33.1. The Kier molecular flexibility index (Phi) is 21.6. The number of aryl methyl sites for hydroxylation is 1. The monoisotopic (exact) mass is 694 g/mol. The van der Waals surface area contributed by atoms with Gasteiger partial charge in [-0.05, 0) is 93.0 Å². The molecule has 2 amide bonds. The summed E-state index contributed by atoms with van der Waals surface area (Å²) in [5.41, 5.74) is 11.0. The van der Waals surface area contributed by atoms with E-state index in [-0.39, 0.29) is 24.1 Å². The number of aliphatic hydroxyl groups is 1. The number of hydrogen-bond acceptors (Lipinski definition) is 5. The van der Waals surface area contributed by atoms with E-state index >= 15 is 0 Å². The lowest BCUT2D eigenvalue weighted by Gasteiger charge is -2.41. The van der Waals surface area contributed by atoms with Gasteiger partial charge in [-0.15, -0.1) is 0 Å². The molecule has 1 saturated heterocycles. The van der Waals surface area contributed by atoms with Crippen molar-refractivity contribution >= 4 is 23.2 Å². The topological polar surface area (TPSA) is 115 Å². The molecule has 1 aliphatic carbocycles. The summed E-state index contributed by atoms with van der Waals surface area (Å²) in [7, 11) is 3.38. The fraction of sp³-hybridized carbons (Fsp3) is 0.619. The summed E-state index contributed by atoms with van der Waals surface area (Å²) >= 11 is 0. The molecule has 0 bridgehead atoms. The molecule has 8 heteroatoms. The van der Waals surface area contributed by atoms with Crippen molar-refractivity contribution in [3.63, 3.8) is 0 Å². The van der Waals surface area contributed by atoms with Crippen LogP contribution >= 0.6 is 0 Å². The lowest BCUT2D eigenvalue weighted by molar-refractivity contribution is -0.122. The Hall–Kier alpha value is -3.20. The van der Waals surface area contributed by atoms with Gasteiger partial charge in [0.1, 0.15) is 6.23 Å². The number of nitrogens with zero attached hydrogens (tertiary/aromatic N) is 2. The van der Waals surface area contributed by atoms with Crippen LogP contribution in [0.3, 0.4) is 0 Å². The number of aliphatic hydroxyl groups excluding tert-OH is 1. The van der Waals surface area contributed by atoms with Gasteiger partial charge in [-0.25, -0.2) is 0 Å². The number of rotatable bonds is 9. The first kappa shape index (κ1) is 44.8. The van der Waals surface area contributed by atoms with Gasteiger partial charge in [0.25, 0.3) is 0 Å². The summed E-state index contributed by atoms with van der Waals surface area (Å²) < 4.78 is 0. The third-order valence-electron chi connectivity index (χ3n) is 9.25. The standard InChI is InChI=1S/C17H24N2O.C15H21NO.C4H10.C3H7NO.C3H9N/c1-4-5-10-17(20)19-13(3)12(2)15-11-18-16-9-7-6-8-14(15)16;1-12(17)16-10-8-15(9-11-16)7-6-13-4-2-3-5-14(13)15;1-4(2)3;1-4(2)3-5;1-2-3-4/h6-9,11-13,18H,4-5,10H2,1-3H3,(H,19,20);2-5,12,17H,6-11H2,1H3;4H,1-3H3;3H,1-2H3;2-4H2,1H3/t12-,13-;;;;/m0..../s1. The maximum Gasteiger partial charge on any atom is 0.220 e. The van der Waals surface area contributed by atoms with Gasteiger partial charge in [-0.2, -0.15) is 0 Å². The van der Waals surface area contributed by atoms with E-state index in [1.807, 2.05) is 13.0 Å². The van der Waals surface area contributed by atoms with Crippen molar-refractivity contribution in [1.29, 1.82) is 0 Å². The molecule has 50 heavy (non-hydrogen) atoms. The number of likely N-dealkylation sites (tertiary alicyclic amines) is 1. The molecule has 1 aromatic heterocycles. The molecule has 3 aromatic rings. The number of H-pyrrole nitrogens is 1. The van der Waals surface area contributed by atoms with Crippen molar-refractivity contribution in [2.45, 2.75) is 130 Å². The molecule has 1 fully saturated rings. The molecule has 0 radical (unpaired) electrons. The van der Waals surface area contributed by atoms with E-state index < -0.39 is 0 Å². The Morgan fingerprint density at radius 2 is 1.54 bits per heavy atom. The number of benzene rings is 2. The van der Waals surface area contributed by atoms with Gasteiger partial charge >= 0.3 is 0 Å². The predicted molar refractivity (Wildman–Crippen MR) is 212 cm³/mol. The molecular formula is C42H71N5O3. The van der Waals surface area contributed by atoms with Gasteiger partial charge in [0.15, 0.2) is 0 Å². The number of nitrogens with two attached hydrogens (primary N) is 1. The molecule has 1 aliphatic heterocycles. The Morgan fingerprint density at radius 3 is 2.08 bits per heavy atom. The Morgan fingerprint density at radius 1 is 0.980 bits per heavy atom. The average molecular weight is 694 g/mol. The summed E-state index contributed by atoms with van der Waals surface area (Å²) in [6, 6.07) is 17.4. The van der Waals surface area contributed by atoms with Crippen LogP contribution in [0.5, 0.6) is 0 Å². The molecule has 1 spiro atoms. The molecule has 5 rings (SSSR count). The highest BCUT2D eigenvalue weighted by atomic mass is 16.3. The predicted octanol–water partition coefficient (Wildman–Crippen LogP) is 7.99. The number of piperidine rings is 1. The number of carbonyl (C=O) groups excluding carboxylic acids is 2. The van der Waals surface area contributed by atoms with E-state index in [0.29, 0.717) is 11.8 Å². The van der Waals surface area contributed by atoms with E-state index in [1.54, 1.807) is 25.2 Å². The van der Waals surface area contributed by atoms with Crippen LogP contribution in [0, 0.1) is 5.92 Å². The number of aromatic nitrogens is 1. The Labute approximate surface area is 304 Å². The molecule has 2 aromatic carbocycles. The van der Waals surface area contributed by atoms with Crippen LogP contribution in [0.15, 0.2) is 54.7 Å². The molecule has 3 atom stereocenters. The van der Waals surface area contributed by atoms with Crippen LogP contribution in [0.1, 0.15) is 123 Å². The minimum absolute atomic E-state index is 0.138. The van der Waals surface area contributed by atoms with E-state index in [9.17, 15) is 14.7 Å². The van der Waals surface area contributed by atoms with Crippen molar-refractivity contribution < 1.29 is 14.7 Å². The van der Waals surface area contributed by atoms with Gasteiger partial charge < -0.3 is 26.0 Å². The van der Waals surface area contributed by atoms with Crippen LogP contribution in [-0.2, 0) is 21.4 Å². The lowest BCUT2D eigenvalue weighted by atomic mass is 9.74. The first-order valence-corrected chi connectivity index (χ1v) is 18.9. The van der Waals surface area contributed by atoms with Crippen LogP contribution in [-0.4, -0.2) is 78.2 Å². The number of unbranched alkanes of at least 4 members (excludes halogenated alkanes) is 1. The number of amides is 2. The van der Waals surface area contributed by atoms with Crippen molar-refractivity contribution in [2.75, 3.05) is 33.7 Å². The first-order valence-electron chi connectivity index (χ1n) is 18.9. The maximum absolute atomic E-state index is 11.8. The van der Waals surface area contributed by atoms with E-state index in [0.717, 1.165) is 56.7 Å². The molecular weight excluding hydrogens is 622 g/mol. The van der Waals surface area contributed by atoms with E-state index in [1.165, 1.54) is 41.5 Å². The quantitative estimate of drug-likeness (QED) is 0.170. The summed E-state index contributed by atoms with van der Waals surface area (Å²) in [4.78, 5) is 28.2. The second-order valence-electron chi connectivity index (χ2n) is 14.7. The zero-order chi connectivity index (χ0) is 37.7. The van der Waals surface area contributed by atoms with Gasteiger partial charge in [-0.1, -0.05) is 90.4 Å². The average Bonchev–Trinajstić information content (AvgIpc) is 3.69. The highest BCUT2D eigenvalue weighted by molar-refractivity contribution is 5.84. The molecule has 282 valence electrons. The second-order valence-corrected chi connectivity index (χ2v) is 14.7. The summed E-state index contributed by atoms with van der Waals surface area (Å²) in [6.07, 6.45) is 11.2. The van der Waals surface area contributed by atoms with E-state index in [4.69, 9.17) is 5.73 Å². The van der Waals surface area contributed by atoms with Crippen LogP contribution in [0.2, 0.25) is 0 Å². The Bertz CT molecular complexity index is 1340. The van der Waals surface area contributed by atoms with E-state index in [2.05, 4.69) is 112 Å². The number of carbonyl (C=O) groups is 2. The number of fused-ring (bicyclic) bond motifs is 3. The van der Waals surface area contributed by atoms with Crippen LogP contribution in [0.25, 0.3) is 10.9 Å². The van der Waals surface area contributed by atoms with Gasteiger partial charge in [0, 0.05) is 62.7 Å². The normalized spacial score (nSPS) is 16.1. The van der Waals surface area contributed by atoms with Gasteiger partial charge in [0.05, 0.1) is 0 Å². The summed E-state index contributed by atoms with van der Waals surface area (Å²) in [5.74, 6) is 1.28. The highest BCUT2D eigenvalue weighted by Gasteiger charge is 2.41.